The zero-order valence-corrected chi connectivity index (χ0v) is 14.6. The molecule has 0 bridgehead atoms. The lowest BCUT2D eigenvalue weighted by Gasteiger charge is -2.33. The van der Waals surface area contributed by atoms with E-state index in [1.807, 2.05) is 0 Å². The van der Waals surface area contributed by atoms with Gasteiger partial charge in [0.05, 0.1) is 0 Å². The van der Waals surface area contributed by atoms with Crippen LogP contribution in [0.5, 0.6) is 0 Å². The van der Waals surface area contributed by atoms with Crippen molar-refractivity contribution in [1.82, 2.24) is 15.2 Å². The van der Waals surface area contributed by atoms with E-state index >= 15 is 0 Å². The van der Waals surface area contributed by atoms with Crippen LogP contribution in [0.1, 0.15) is 54.6 Å². The summed E-state index contributed by atoms with van der Waals surface area (Å²) in [5.74, 6) is -1.53. The maximum absolute atomic E-state index is 12.6. The molecule has 1 atom stereocenters. The van der Waals surface area contributed by atoms with Gasteiger partial charge in [-0.3, -0.25) is 4.79 Å². The molecule has 0 aromatic carbocycles. The van der Waals surface area contributed by atoms with E-state index in [4.69, 9.17) is 9.84 Å². The number of nitrogens with zero attached hydrogens (tertiary/aromatic N) is 2. The molecule has 8 heteroatoms. The van der Waals surface area contributed by atoms with E-state index in [-0.39, 0.29) is 23.3 Å². The molecule has 2 N–H and O–H groups in total. The molecule has 136 valence electrons. The van der Waals surface area contributed by atoms with E-state index in [1.165, 1.54) is 18.2 Å². The number of alkyl carbamates (subject to hydrolysis) is 1. The summed E-state index contributed by atoms with van der Waals surface area (Å²) in [7, 11) is 0. The highest BCUT2D eigenvalue weighted by Crippen LogP contribution is 2.15. The number of hydrogen-bond acceptors (Lipinski definition) is 5. The minimum absolute atomic E-state index is 0.0813. The Morgan fingerprint density at radius 3 is 2.60 bits per heavy atom. The lowest BCUT2D eigenvalue weighted by molar-refractivity contribution is 0.0450. The van der Waals surface area contributed by atoms with Crippen LogP contribution in [-0.2, 0) is 4.74 Å². The van der Waals surface area contributed by atoms with Gasteiger partial charge in [0.2, 0.25) is 0 Å². The van der Waals surface area contributed by atoms with E-state index in [0.717, 1.165) is 12.8 Å². The Morgan fingerprint density at radius 2 is 1.96 bits per heavy atom. The van der Waals surface area contributed by atoms with Crippen LogP contribution in [0.2, 0.25) is 0 Å². The number of ether oxygens (including phenoxy) is 1. The average molecular weight is 349 g/mol. The maximum Gasteiger partial charge on any atom is 0.407 e. The average Bonchev–Trinajstić information content (AvgIpc) is 2.52. The summed E-state index contributed by atoms with van der Waals surface area (Å²) >= 11 is 0. The van der Waals surface area contributed by atoms with Crippen LogP contribution in [0.25, 0.3) is 0 Å². The fourth-order valence-corrected chi connectivity index (χ4v) is 2.59. The molecular formula is C17H23N3O5. The van der Waals surface area contributed by atoms with E-state index in [2.05, 4.69) is 10.3 Å². The molecule has 25 heavy (non-hydrogen) atoms. The lowest BCUT2D eigenvalue weighted by Crippen LogP contribution is -2.50. The first-order valence-electron chi connectivity index (χ1n) is 8.15. The molecule has 0 aliphatic carbocycles. The number of amides is 2. The Morgan fingerprint density at radius 1 is 1.28 bits per heavy atom. The van der Waals surface area contributed by atoms with Crippen LogP contribution in [0, 0.1) is 0 Å². The van der Waals surface area contributed by atoms with E-state index in [0.29, 0.717) is 13.1 Å². The summed E-state index contributed by atoms with van der Waals surface area (Å²) in [4.78, 5) is 40.9. The highest BCUT2D eigenvalue weighted by Gasteiger charge is 2.28. The molecule has 1 aliphatic rings. The molecule has 1 aliphatic heterocycles. The SMILES string of the molecule is CC(C)(C)OC(=O)NC1CCCN(C(=O)c2cccc(C(=O)O)n2)C1. The first-order chi connectivity index (χ1) is 11.7. The van der Waals surface area contributed by atoms with Crippen molar-refractivity contribution in [2.24, 2.45) is 0 Å². The number of pyridine rings is 1. The fourth-order valence-electron chi connectivity index (χ4n) is 2.59. The van der Waals surface area contributed by atoms with Crippen LogP contribution < -0.4 is 5.32 Å². The van der Waals surface area contributed by atoms with Gasteiger partial charge in [0.1, 0.15) is 17.0 Å². The molecule has 1 aromatic rings. The van der Waals surface area contributed by atoms with Crippen molar-refractivity contribution in [3.05, 3.63) is 29.6 Å². The number of rotatable bonds is 3. The van der Waals surface area contributed by atoms with Crippen molar-refractivity contribution in [2.75, 3.05) is 13.1 Å². The molecule has 2 amide bonds. The second kappa shape index (κ2) is 7.50. The Labute approximate surface area is 146 Å². The molecule has 1 fully saturated rings. The number of carbonyl (C=O) groups is 3. The molecule has 8 nitrogen and oxygen atoms in total. The summed E-state index contributed by atoms with van der Waals surface area (Å²) in [6, 6.07) is 4.10. The van der Waals surface area contributed by atoms with Crippen LogP contribution in [0.15, 0.2) is 18.2 Å². The number of hydrogen-bond donors (Lipinski definition) is 2. The summed E-state index contributed by atoms with van der Waals surface area (Å²) in [6.07, 6.45) is 0.953. The molecule has 0 radical (unpaired) electrons. The zero-order valence-electron chi connectivity index (χ0n) is 14.6. The summed E-state index contributed by atoms with van der Waals surface area (Å²) < 4.78 is 5.23. The van der Waals surface area contributed by atoms with Gasteiger partial charge in [-0.05, 0) is 45.7 Å². The van der Waals surface area contributed by atoms with Crippen molar-refractivity contribution in [2.45, 2.75) is 45.3 Å². The minimum Gasteiger partial charge on any atom is -0.477 e. The Hall–Kier alpha value is -2.64. The van der Waals surface area contributed by atoms with E-state index in [9.17, 15) is 14.4 Å². The molecule has 1 aromatic heterocycles. The topological polar surface area (TPSA) is 109 Å². The van der Waals surface area contributed by atoms with Gasteiger partial charge < -0.3 is 20.1 Å². The summed E-state index contributed by atoms with van der Waals surface area (Å²) in [5, 5.41) is 11.8. The number of carbonyl (C=O) groups excluding carboxylic acids is 2. The first-order valence-corrected chi connectivity index (χ1v) is 8.15. The number of piperidine rings is 1. The third-order valence-corrected chi connectivity index (χ3v) is 3.62. The Kier molecular flexibility index (Phi) is 5.61. The number of carboxylic acid groups (broad SMARTS) is 1. The number of aromatic nitrogens is 1. The van der Waals surface area contributed by atoms with Gasteiger partial charge in [-0.25, -0.2) is 14.6 Å². The number of carboxylic acids is 1. The van der Waals surface area contributed by atoms with Gasteiger partial charge in [-0.1, -0.05) is 6.07 Å². The van der Waals surface area contributed by atoms with Crippen molar-refractivity contribution in [3.8, 4) is 0 Å². The highest BCUT2D eigenvalue weighted by molar-refractivity contribution is 5.94. The van der Waals surface area contributed by atoms with Crippen LogP contribution in [0.3, 0.4) is 0 Å². The predicted octanol–water partition coefficient (Wildman–Crippen LogP) is 1.91. The van der Waals surface area contributed by atoms with Crippen LogP contribution >= 0.6 is 0 Å². The predicted molar refractivity (Wildman–Crippen MR) is 89.5 cm³/mol. The maximum atomic E-state index is 12.6. The summed E-state index contributed by atoms with van der Waals surface area (Å²) in [6.45, 7) is 6.21. The zero-order chi connectivity index (χ0) is 18.6. The van der Waals surface area contributed by atoms with E-state index < -0.39 is 17.7 Å². The molecular weight excluding hydrogens is 326 g/mol. The van der Waals surface area contributed by atoms with Gasteiger partial charge >= 0.3 is 12.1 Å². The molecule has 1 saturated heterocycles. The third kappa shape index (κ3) is 5.44. The molecule has 2 rings (SSSR count). The van der Waals surface area contributed by atoms with Crippen molar-refractivity contribution in [1.29, 1.82) is 0 Å². The second-order valence-corrected chi connectivity index (χ2v) is 6.95. The van der Waals surface area contributed by atoms with Gasteiger partial charge in [0, 0.05) is 19.1 Å². The Bertz CT molecular complexity index is 668. The third-order valence-electron chi connectivity index (χ3n) is 3.62. The normalized spacial score (nSPS) is 17.7. The van der Waals surface area contributed by atoms with E-state index in [1.54, 1.807) is 25.7 Å². The van der Waals surface area contributed by atoms with Crippen molar-refractivity contribution < 1.29 is 24.2 Å². The van der Waals surface area contributed by atoms with Gasteiger partial charge in [0.15, 0.2) is 0 Å². The smallest absolute Gasteiger partial charge is 0.407 e. The lowest BCUT2D eigenvalue weighted by atomic mass is 10.1. The first kappa shape index (κ1) is 18.7. The number of aromatic carboxylic acids is 1. The molecule has 1 unspecified atom stereocenters. The van der Waals surface area contributed by atoms with Crippen LogP contribution in [0.4, 0.5) is 4.79 Å². The second-order valence-electron chi connectivity index (χ2n) is 6.95. The molecule has 0 saturated carbocycles. The van der Waals surface area contributed by atoms with Crippen molar-refractivity contribution >= 4 is 18.0 Å². The quantitative estimate of drug-likeness (QED) is 0.863. The van der Waals surface area contributed by atoms with Crippen LogP contribution in [-0.4, -0.2) is 57.7 Å². The molecule has 0 spiro atoms. The largest absolute Gasteiger partial charge is 0.477 e. The monoisotopic (exact) mass is 349 g/mol. The highest BCUT2D eigenvalue weighted by atomic mass is 16.6. The molecule has 2 heterocycles. The number of likely N-dealkylation sites (tertiary alicyclic amines) is 1. The standard InChI is InChI=1S/C17H23N3O5/c1-17(2,3)25-16(24)18-11-6-5-9-20(10-11)14(21)12-7-4-8-13(19-12)15(22)23/h4,7-8,11H,5-6,9-10H2,1-3H3,(H,18,24)(H,22,23). The van der Waals surface area contributed by atoms with Gasteiger partial charge in [-0.15, -0.1) is 0 Å². The number of nitrogens with one attached hydrogen (secondary N) is 1. The van der Waals surface area contributed by atoms with Crippen molar-refractivity contribution in [3.63, 3.8) is 0 Å². The summed E-state index contributed by atoms with van der Waals surface area (Å²) in [5.41, 5.74) is -0.681. The van der Waals surface area contributed by atoms with Gasteiger partial charge in [0.25, 0.3) is 5.91 Å². The Balaban J connectivity index is 2.00. The minimum atomic E-state index is -1.18. The fraction of sp³-hybridized carbons (Fsp3) is 0.529. The van der Waals surface area contributed by atoms with Gasteiger partial charge in [-0.2, -0.15) is 0 Å².